The zero-order chi connectivity index (χ0) is 9.84. The summed E-state index contributed by atoms with van der Waals surface area (Å²) in [6, 6.07) is 5.81. The Morgan fingerprint density at radius 2 is 2.23 bits per heavy atom. The maximum atomic E-state index is 11.3. The number of methoxy groups -OCH3 is 1. The number of hydrogen-bond acceptors (Lipinski definition) is 2. The van der Waals surface area contributed by atoms with Crippen molar-refractivity contribution >= 4 is 28.6 Å². The van der Waals surface area contributed by atoms with Gasteiger partial charge in [-0.15, -0.1) is 0 Å². The van der Waals surface area contributed by atoms with Gasteiger partial charge in [-0.2, -0.15) is 0 Å². The SMILES string of the molecule is CCc1ccc(I)cc1C(=O)OC. The molecular formula is C10H11IO2. The van der Waals surface area contributed by atoms with Crippen LogP contribution in [0.1, 0.15) is 22.8 Å². The summed E-state index contributed by atoms with van der Waals surface area (Å²) in [5.41, 5.74) is 1.71. The van der Waals surface area contributed by atoms with Crippen molar-refractivity contribution in [2.24, 2.45) is 0 Å². The highest BCUT2D eigenvalue weighted by Crippen LogP contribution is 2.15. The van der Waals surface area contributed by atoms with Crippen LogP contribution in [0.4, 0.5) is 0 Å². The van der Waals surface area contributed by atoms with Crippen LogP contribution in [0, 0.1) is 3.57 Å². The van der Waals surface area contributed by atoms with E-state index in [0.29, 0.717) is 5.56 Å². The van der Waals surface area contributed by atoms with E-state index in [-0.39, 0.29) is 5.97 Å². The second-order valence-corrected chi connectivity index (χ2v) is 3.89. The number of benzene rings is 1. The molecule has 1 rings (SSSR count). The number of halogens is 1. The minimum absolute atomic E-state index is 0.254. The Hall–Kier alpha value is -0.580. The number of esters is 1. The molecule has 0 aliphatic rings. The van der Waals surface area contributed by atoms with Crippen molar-refractivity contribution < 1.29 is 9.53 Å². The maximum Gasteiger partial charge on any atom is 0.338 e. The van der Waals surface area contributed by atoms with Crippen LogP contribution in [0.25, 0.3) is 0 Å². The third-order valence-corrected chi connectivity index (χ3v) is 2.53. The molecule has 0 N–H and O–H groups in total. The largest absolute Gasteiger partial charge is 0.465 e. The van der Waals surface area contributed by atoms with E-state index in [1.165, 1.54) is 7.11 Å². The molecule has 0 saturated heterocycles. The predicted molar refractivity (Wildman–Crippen MR) is 59.9 cm³/mol. The van der Waals surface area contributed by atoms with Crippen molar-refractivity contribution in [3.8, 4) is 0 Å². The highest BCUT2D eigenvalue weighted by molar-refractivity contribution is 14.1. The summed E-state index contributed by atoms with van der Waals surface area (Å²) in [6.07, 6.45) is 0.849. The molecule has 0 aromatic heterocycles. The number of carbonyl (C=O) groups is 1. The molecule has 1 aromatic rings. The van der Waals surface area contributed by atoms with Crippen molar-refractivity contribution in [1.29, 1.82) is 0 Å². The van der Waals surface area contributed by atoms with Crippen molar-refractivity contribution in [2.45, 2.75) is 13.3 Å². The summed E-state index contributed by atoms with van der Waals surface area (Å²) in [5, 5.41) is 0. The Bertz CT molecular complexity index is 321. The standard InChI is InChI=1S/C10H11IO2/c1-3-7-4-5-8(11)6-9(7)10(12)13-2/h4-6H,3H2,1-2H3. The molecule has 0 amide bonds. The Labute approximate surface area is 91.4 Å². The average molecular weight is 290 g/mol. The predicted octanol–water partition coefficient (Wildman–Crippen LogP) is 2.64. The maximum absolute atomic E-state index is 11.3. The molecule has 0 aliphatic carbocycles. The topological polar surface area (TPSA) is 26.3 Å². The van der Waals surface area contributed by atoms with Gasteiger partial charge in [-0.05, 0) is 46.7 Å². The lowest BCUT2D eigenvalue weighted by molar-refractivity contribution is 0.0599. The quantitative estimate of drug-likeness (QED) is 0.618. The van der Waals surface area contributed by atoms with Crippen molar-refractivity contribution in [3.63, 3.8) is 0 Å². The van der Waals surface area contributed by atoms with Gasteiger partial charge in [-0.25, -0.2) is 4.79 Å². The van der Waals surface area contributed by atoms with E-state index in [2.05, 4.69) is 22.6 Å². The number of ether oxygens (including phenoxy) is 1. The first-order valence-corrected chi connectivity index (χ1v) is 5.13. The van der Waals surface area contributed by atoms with Crippen molar-refractivity contribution in [3.05, 3.63) is 32.9 Å². The summed E-state index contributed by atoms with van der Waals surface area (Å²) in [6.45, 7) is 2.02. The van der Waals surface area contributed by atoms with Crippen molar-refractivity contribution in [2.75, 3.05) is 7.11 Å². The van der Waals surface area contributed by atoms with Gasteiger partial charge in [-0.3, -0.25) is 0 Å². The zero-order valence-corrected chi connectivity index (χ0v) is 9.79. The molecule has 0 heterocycles. The Balaban J connectivity index is 3.15. The van der Waals surface area contributed by atoms with Gasteiger partial charge in [0.2, 0.25) is 0 Å². The molecule has 0 saturated carbocycles. The number of rotatable bonds is 2. The van der Waals surface area contributed by atoms with Crippen LogP contribution in [0.15, 0.2) is 18.2 Å². The minimum Gasteiger partial charge on any atom is -0.465 e. The van der Waals surface area contributed by atoms with E-state index < -0.39 is 0 Å². The Morgan fingerprint density at radius 3 is 2.77 bits per heavy atom. The summed E-state index contributed by atoms with van der Waals surface area (Å²) in [4.78, 5) is 11.3. The number of hydrogen-bond donors (Lipinski definition) is 0. The zero-order valence-electron chi connectivity index (χ0n) is 7.63. The van der Waals surface area contributed by atoms with Gasteiger partial charge in [0.25, 0.3) is 0 Å². The second kappa shape index (κ2) is 4.60. The van der Waals surface area contributed by atoms with Crippen LogP contribution >= 0.6 is 22.6 Å². The number of aryl methyl sites for hydroxylation is 1. The minimum atomic E-state index is -0.254. The summed E-state index contributed by atoms with van der Waals surface area (Å²) >= 11 is 2.18. The average Bonchev–Trinajstić information content (AvgIpc) is 2.16. The third kappa shape index (κ3) is 2.43. The van der Waals surface area contributed by atoms with Gasteiger partial charge >= 0.3 is 5.97 Å². The van der Waals surface area contributed by atoms with E-state index in [4.69, 9.17) is 4.74 Å². The molecule has 0 bridgehead atoms. The van der Waals surface area contributed by atoms with Gasteiger partial charge in [-0.1, -0.05) is 13.0 Å². The fraction of sp³-hybridized carbons (Fsp3) is 0.300. The molecule has 3 heteroatoms. The van der Waals surface area contributed by atoms with Gasteiger partial charge in [0.05, 0.1) is 12.7 Å². The fourth-order valence-corrected chi connectivity index (χ4v) is 1.65. The second-order valence-electron chi connectivity index (χ2n) is 2.65. The third-order valence-electron chi connectivity index (χ3n) is 1.86. The summed E-state index contributed by atoms with van der Waals surface area (Å²) in [5.74, 6) is -0.254. The number of carbonyl (C=O) groups excluding carboxylic acids is 1. The van der Waals surface area contributed by atoms with Crippen LogP contribution in [-0.4, -0.2) is 13.1 Å². The molecule has 0 radical (unpaired) electrons. The van der Waals surface area contributed by atoms with E-state index in [9.17, 15) is 4.79 Å². The van der Waals surface area contributed by atoms with Crippen LogP contribution in [0.2, 0.25) is 0 Å². The van der Waals surface area contributed by atoms with Gasteiger partial charge < -0.3 is 4.74 Å². The Kier molecular flexibility index (Phi) is 3.71. The summed E-state index contributed by atoms with van der Waals surface area (Å²) in [7, 11) is 1.40. The van der Waals surface area contributed by atoms with E-state index in [1.54, 1.807) is 0 Å². The molecule has 0 aliphatic heterocycles. The van der Waals surface area contributed by atoms with Gasteiger partial charge in [0.15, 0.2) is 0 Å². The van der Waals surface area contributed by atoms with E-state index in [0.717, 1.165) is 15.6 Å². The molecular weight excluding hydrogens is 279 g/mol. The Morgan fingerprint density at radius 1 is 1.54 bits per heavy atom. The normalized spacial score (nSPS) is 9.77. The van der Waals surface area contributed by atoms with Crippen LogP contribution in [0.3, 0.4) is 0 Å². The first-order chi connectivity index (χ1) is 6.19. The van der Waals surface area contributed by atoms with Gasteiger partial charge in [0.1, 0.15) is 0 Å². The molecule has 0 atom stereocenters. The van der Waals surface area contributed by atoms with Crippen LogP contribution in [0.5, 0.6) is 0 Å². The molecule has 2 nitrogen and oxygen atoms in total. The van der Waals surface area contributed by atoms with Crippen molar-refractivity contribution in [1.82, 2.24) is 0 Å². The lowest BCUT2D eigenvalue weighted by Crippen LogP contribution is -2.05. The summed E-state index contributed by atoms with van der Waals surface area (Å²) < 4.78 is 5.74. The first-order valence-electron chi connectivity index (χ1n) is 4.05. The molecule has 0 spiro atoms. The van der Waals surface area contributed by atoms with Gasteiger partial charge in [0, 0.05) is 3.57 Å². The molecule has 70 valence electrons. The lowest BCUT2D eigenvalue weighted by Gasteiger charge is -2.05. The lowest BCUT2D eigenvalue weighted by atomic mass is 10.1. The molecule has 0 fully saturated rings. The highest BCUT2D eigenvalue weighted by atomic mass is 127. The van der Waals surface area contributed by atoms with E-state index in [1.807, 2.05) is 25.1 Å². The molecule has 1 aromatic carbocycles. The highest BCUT2D eigenvalue weighted by Gasteiger charge is 2.10. The monoisotopic (exact) mass is 290 g/mol. The molecule has 13 heavy (non-hydrogen) atoms. The van der Waals surface area contributed by atoms with Crippen LogP contribution < -0.4 is 0 Å². The van der Waals surface area contributed by atoms with E-state index >= 15 is 0 Å². The molecule has 0 unspecified atom stereocenters. The fourth-order valence-electron chi connectivity index (χ4n) is 1.16. The first kappa shape index (κ1) is 10.5. The van der Waals surface area contributed by atoms with Crippen LogP contribution in [-0.2, 0) is 11.2 Å². The smallest absolute Gasteiger partial charge is 0.338 e.